The van der Waals surface area contributed by atoms with Crippen molar-refractivity contribution in [3.63, 3.8) is 0 Å². The van der Waals surface area contributed by atoms with Crippen LogP contribution in [0.2, 0.25) is 0 Å². The van der Waals surface area contributed by atoms with Gasteiger partial charge >= 0.3 is 10.1 Å². The first kappa shape index (κ1) is 12.4. The zero-order valence-corrected chi connectivity index (χ0v) is 10.7. The van der Waals surface area contributed by atoms with Crippen LogP contribution in [0.1, 0.15) is 18.4 Å². The van der Waals surface area contributed by atoms with Gasteiger partial charge < -0.3 is 4.18 Å². The van der Waals surface area contributed by atoms with Crippen LogP contribution in [0, 0.1) is 0 Å². The Morgan fingerprint density at radius 2 is 2.00 bits per heavy atom. The van der Waals surface area contributed by atoms with Gasteiger partial charge in [0.25, 0.3) is 0 Å². The molecule has 0 unspecified atom stereocenters. The van der Waals surface area contributed by atoms with Gasteiger partial charge in [0, 0.05) is 6.54 Å². The minimum Gasteiger partial charge on any atom is -0.383 e. The Labute approximate surface area is 102 Å². The van der Waals surface area contributed by atoms with Gasteiger partial charge in [-0.05, 0) is 43.6 Å². The van der Waals surface area contributed by atoms with Gasteiger partial charge in [-0.3, -0.25) is 4.90 Å². The average molecular weight is 255 g/mol. The third kappa shape index (κ3) is 4.02. The van der Waals surface area contributed by atoms with Gasteiger partial charge in [0.1, 0.15) is 5.75 Å². The van der Waals surface area contributed by atoms with E-state index in [9.17, 15) is 8.42 Å². The highest BCUT2D eigenvalue weighted by Crippen LogP contribution is 2.18. The standard InChI is InChI=1S/C12H17NO3S/c1-17(14,15)16-12-6-4-5-11(9-12)10-13-7-2-3-8-13/h4-6,9H,2-3,7-8,10H2,1H3. The quantitative estimate of drug-likeness (QED) is 0.767. The second-order valence-electron chi connectivity index (χ2n) is 4.42. The molecule has 1 heterocycles. The third-order valence-electron chi connectivity index (χ3n) is 2.75. The Morgan fingerprint density at radius 1 is 1.29 bits per heavy atom. The minimum absolute atomic E-state index is 0.393. The van der Waals surface area contributed by atoms with Gasteiger partial charge in [-0.15, -0.1) is 0 Å². The van der Waals surface area contributed by atoms with Crippen molar-refractivity contribution in [3.05, 3.63) is 29.8 Å². The van der Waals surface area contributed by atoms with Gasteiger partial charge in [0.2, 0.25) is 0 Å². The van der Waals surface area contributed by atoms with E-state index in [-0.39, 0.29) is 0 Å². The van der Waals surface area contributed by atoms with Crippen LogP contribution in [0.5, 0.6) is 5.75 Å². The van der Waals surface area contributed by atoms with Crippen molar-refractivity contribution in [2.75, 3.05) is 19.3 Å². The Kier molecular flexibility index (Phi) is 3.69. The first-order valence-electron chi connectivity index (χ1n) is 5.74. The summed E-state index contributed by atoms with van der Waals surface area (Å²) in [6.07, 6.45) is 3.55. The van der Waals surface area contributed by atoms with E-state index in [4.69, 9.17) is 4.18 Å². The normalized spacial score (nSPS) is 17.2. The summed E-state index contributed by atoms with van der Waals surface area (Å²) in [5.74, 6) is 0.393. The SMILES string of the molecule is CS(=O)(=O)Oc1cccc(CN2CCCC2)c1. The van der Waals surface area contributed by atoms with Gasteiger partial charge in [-0.1, -0.05) is 12.1 Å². The molecular weight excluding hydrogens is 238 g/mol. The summed E-state index contributed by atoms with van der Waals surface area (Å²) in [4.78, 5) is 2.36. The Hall–Kier alpha value is -1.07. The highest BCUT2D eigenvalue weighted by molar-refractivity contribution is 7.86. The molecule has 1 aromatic rings. The van der Waals surface area contributed by atoms with Gasteiger partial charge in [-0.25, -0.2) is 0 Å². The van der Waals surface area contributed by atoms with Crippen molar-refractivity contribution in [3.8, 4) is 5.75 Å². The van der Waals surface area contributed by atoms with E-state index in [1.54, 1.807) is 12.1 Å². The maximum absolute atomic E-state index is 11.0. The first-order chi connectivity index (χ1) is 8.03. The van der Waals surface area contributed by atoms with Crippen LogP contribution in [-0.2, 0) is 16.7 Å². The second kappa shape index (κ2) is 5.06. The molecular formula is C12H17NO3S. The lowest BCUT2D eigenvalue weighted by Gasteiger charge is -2.14. The monoisotopic (exact) mass is 255 g/mol. The smallest absolute Gasteiger partial charge is 0.306 e. The van der Waals surface area contributed by atoms with Crippen LogP contribution in [0.4, 0.5) is 0 Å². The molecule has 0 atom stereocenters. The van der Waals surface area contributed by atoms with Gasteiger partial charge in [0.05, 0.1) is 6.26 Å². The topological polar surface area (TPSA) is 46.6 Å². The zero-order valence-electron chi connectivity index (χ0n) is 9.93. The van der Waals surface area contributed by atoms with E-state index in [0.717, 1.165) is 31.5 Å². The van der Waals surface area contributed by atoms with E-state index >= 15 is 0 Å². The molecule has 17 heavy (non-hydrogen) atoms. The summed E-state index contributed by atoms with van der Waals surface area (Å²) in [6.45, 7) is 3.11. The molecule has 1 aliphatic heterocycles. The number of hydrogen-bond acceptors (Lipinski definition) is 4. The summed E-state index contributed by atoms with van der Waals surface area (Å²) in [5.41, 5.74) is 1.09. The van der Waals surface area contributed by atoms with E-state index < -0.39 is 10.1 Å². The first-order valence-corrected chi connectivity index (χ1v) is 7.55. The Balaban J connectivity index is 2.05. The lowest BCUT2D eigenvalue weighted by Crippen LogP contribution is -2.18. The number of likely N-dealkylation sites (tertiary alicyclic amines) is 1. The molecule has 1 aliphatic rings. The van der Waals surface area contributed by atoms with Crippen LogP contribution in [0.3, 0.4) is 0 Å². The van der Waals surface area contributed by atoms with Gasteiger partial charge in [0.15, 0.2) is 0 Å². The van der Waals surface area contributed by atoms with E-state index in [1.165, 1.54) is 12.8 Å². The number of nitrogens with zero attached hydrogens (tertiary/aromatic N) is 1. The molecule has 0 amide bonds. The molecule has 4 nitrogen and oxygen atoms in total. The van der Waals surface area contributed by atoms with Crippen LogP contribution >= 0.6 is 0 Å². The van der Waals surface area contributed by atoms with E-state index in [0.29, 0.717) is 5.75 Å². The molecule has 0 aliphatic carbocycles. The maximum Gasteiger partial charge on any atom is 0.306 e. The average Bonchev–Trinajstić information content (AvgIpc) is 2.68. The van der Waals surface area contributed by atoms with Crippen molar-refractivity contribution >= 4 is 10.1 Å². The molecule has 1 aromatic carbocycles. The summed E-state index contributed by atoms with van der Waals surface area (Å²) >= 11 is 0. The lowest BCUT2D eigenvalue weighted by molar-refractivity contribution is 0.331. The highest BCUT2D eigenvalue weighted by atomic mass is 32.2. The number of hydrogen-bond donors (Lipinski definition) is 0. The molecule has 1 fully saturated rings. The summed E-state index contributed by atoms with van der Waals surface area (Å²) in [6, 6.07) is 7.27. The highest BCUT2D eigenvalue weighted by Gasteiger charge is 2.12. The van der Waals surface area contributed by atoms with Crippen LogP contribution in [0.25, 0.3) is 0 Å². The van der Waals surface area contributed by atoms with Crippen molar-refractivity contribution in [2.24, 2.45) is 0 Å². The fraction of sp³-hybridized carbons (Fsp3) is 0.500. The van der Waals surface area contributed by atoms with Gasteiger partial charge in [-0.2, -0.15) is 8.42 Å². The molecule has 0 spiro atoms. The predicted molar refractivity (Wildman–Crippen MR) is 66.4 cm³/mol. The van der Waals surface area contributed by atoms with Crippen molar-refractivity contribution in [1.82, 2.24) is 4.90 Å². The van der Waals surface area contributed by atoms with Crippen molar-refractivity contribution in [1.29, 1.82) is 0 Å². The van der Waals surface area contributed by atoms with Crippen LogP contribution in [0.15, 0.2) is 24.3 Å². The minimum atomic E-state index is -3.43. The summed E-state index contributed by atoms with van der Waals surface area (Å²) < 4.78 is 26.9. The molecule has 0 saturated carbocycles. The predicted octanol–water partition coefficient (Wildman–Crippen LogP) is 1.62. The van der Waals surface area contributed by atoms with Crippen molar-refractivity contribution in [2.45, 2.75) is 19.4 Å². The van der Waals surface area contributed by atoms with Crippen LogP contribution in [-0.4, -0.2) is 32.7 Å². The lowest BCUT2D eigenvalue weighted by atomic mass is 10.2. The fourth-order valence-electron chi connectivity index (χ4n) is 2.07. The number of benzene rings is 1. The molecule has 1 saturated heterocycles. The Bertz CT molecular complexity index is 478. The Morgan fingerprint density at radius 3 is 2.65 bits per heavy atom. The molecule has 94 valence electrons. The summed E-state index contributed by atoms with van der Waals surface area (Å²) in [7, 11) is -3.43. The molecule has 5 heteroatoms. The number of rotatable bonds is 4. The largest absolute Gasteiger partial charge is 0.383 e. The molecule has 2 rings (SSSR count). The zero-order chi connectivity index (χ0) is 12.3. The second-order valence-corrected chi connectivity index (χ2v) is 5.99. The van der Waals surface area contributed by atoms with E-state index in [1.807, 2.05) is 12.1 Å². The molecule has 0 N–H and O–H groups in total. The maximum atomic E-state index is 11.0. The third-order valence-corrected chi connectivity index (χ3v) is 3.25. The fourth-order valence-corrected chi connectivity index (χ4v) is 2.52. The van der Waals surface area contributed by atoms with Crippen molar-refractivity contribution < 1.29 is 12.6 Å². The summed E-state index contributed by atoms with van der Waals surface area (Å²) in [5, 5.41) is 0. The molecule has 0 aromatic heterocycles. The van der Waals surface area contributed by atoms with Crippen LogP contribution < -0.4 is 4.18 Å². The van der Waals surface area contributed by atoms with E-state index in [2.05, 4.69) is 4.90 Å². The molecule has 0 radical (unpaired) electrons. The molecule has 0 bridgehead atoms.